The molecule has 4 nitrogen and oxygen atoms in total. The van der Waals surface area contributed by atoms with E-state index in [1.807, 2.05) is 54.6 Å². The number of methoxy groups -OCH3 is 1. The third-order valence-corrected chi connectivity index (χ3v) is 4.13. The van der Waals surface area contributed by atoms with E-state index in [0.29, 0.717) is 22.7 Å². The van der Waals surface area contributed by atoms with Gasteiger partial charge in [-0.2, -0.15) is 0 Å². The lowest BCUT2D eigenvalue weighted by Gasteiger charge is -2.11. The molecular formula is C20H17ClN2O2. The van der Waals surface area contributed by atoms with Gasteiger partial charge in [0.2, 0.25) is 0 Å². The van der Waals surface area contributed by atoms with E-state index in [0.717, 1.165) is 11.1 Å². The Hall–Kier alpha value is -2.98. The first-order valence-corrected chi connectivity index (χ1v) is 8.06. The van der Waals surface area contributed by atoms with Gasteiger partial charge in [0, 0.05) is 11.8 Å². The maximum atomic E-state index is 12.4. The van der Waals surface area contributed by atoms with E-state index in [4.69, 9.17) is 22.1 Å². The van der Waals surface area contributed by atoms with Crippen LogP contribution < -0.4 is 15.8 Å². The van der Waals surface area contributed by atoms with Crippen LogP contribution in [-0.4, -0.2) is 13.0 Å². The van der Waals surface area contributed by atoms with Gasteiger partial charge in [-0.1, -0.05) is 54.1 Å². The number of nitrogens with one attached hydrogen (secondary N) is 1. The highest BCUT2D eigenvalue weighted by atomic mass is 35.5. The van der Waals surface area contributed by atoms with E-state index < -0.39 is 0 Å². The smallest absolute Gasteiger partial charge is 0.257 e. The quantitative estimate of drug-likeness (QED) is 0.660. The number of benzene rings is 3. The second kappa shape index (κ2) is 7.28. The van der Waals surface area contributed by atoms with Gasteiger partial charge in [0.25, 0.3) is 5.91 Å². The predicted molar refractivity (Wildman–Crippen MR) is 102 cm³/mol. The van der Waals surface area contributed by atoms with Crippen LogP contribution in [0.5, 0.6) is 5.75 Å². The van der Waals surface area contributed by atoms with Crippen LogP contribution in [-0.2, 0) is 0 Å². The van der Waals surface area contributed by atoms with Crippen LogP contribution >= 0.6 is 11.6 Å². The molecule has 0 radical (unpaired) electrons. The van der Waals surface area contributed by atoms with Crippen LogP contribution in [0.3, 0.4) is 0 Å². The zero-order valence-corrected chi connectivity index (χ0v) is 14.4. The fraction of sp³-hybridized carbons (Fsp3) is 0.0500. The molecule has 0 spiro atoms. The van der Waals surface area contributed by atoms with Gasteiger partial charge in [0.05, 0.1) is 23.4 Å². The van der Waals surface area contributed by atoms with Gasteiger partial charge in [-0.3, -0.25) is 4.79 Å². The highest BCUT2D eigenvalue weighted by molar-refractivity contribution is 6.34. The minimum atomic E-state index is -0.327. The van der Waals surface area contributed by atoms with Crippen molar-refractivity contribution in [1.82, 2.24) is 0 Å². The number of rotatable bonds is 4. The number of hydrogen-bond donors (Lipinski definition) is 2. The van der Waals surface area contributed by atoms with Crippen molar-refractivity contribution >= 4 is 28.9 Å². The van der Waals surface area contributed by atoms with Crippen LogP contribution in [0, 0.1) is 0 Å². The summed E-state index contributed by atoms with van der Waals surface area (Å²) in [6.45, 7) is 0. The molecule has 0 aliphatic heterocycles. The molecule has 3 N–H and O–H groups in total. The van der Waals surface area contributed by atoms with Crippen LogP contribution in [0.15, 0.2) is 66.7 Å². The minimum absolute atomic E-state index is 0.282. The lowest BCUT2D eigenvalue weighted by molar-refractivity contribution is 0.102. The van der Waals surface area contributed by atoms with E-state index in [1.165, 1.54) is 19.2 Å². The summed E-state index contributed by atoms with van der Waals surface area (Å²) in [5.74, 6) is 0.112. The Balaban J connectivity index is 1.79. The number of nitrogen functional groups attached to an aromatic ring is 1. The molecule has 3 aromatic carbocycles. The molecule has 126 valence electrons. The third-order valence-electron chi connectivity index (χ3n) is 3.81. The van der Waals surface area contributed by atoms with Crippen molar-refractivity contribution in [1.29, 1.82) is 0 Å². The van der Waals surface area contributed by atoms with E-state index in [2.05, 4.69) is 5.32 Å². The number of nitrogens with two attached hydrogens (primary N) is 1. The Morgan fingerprint density at radius 2 is 1.64 bits per heavy atom. The summed E-state index contributed by atoms with van der Waals surface area (Å²) in [6, 6.07) is 20.7. The second-order valence-corrected chi connectivity index (χ2v) is 5.88. The molecule has 3 rings (SSSR count). The van der Waals surface area contributed by atoms with Gasteiger partial charge >= 0.3 is 0 Å². The first-order chi connectivity index (χ1) is 12.1. The van der Waals surface area contributed by atoms with Crippen LogP contribution in [0.4, 0.5) is 11.4 Å². The number of ether oxygens (including phenoxy) is 1. The zero-order chi connectivity index (χ0) is 17.8. The van der Waals surface area contributed by atoms with Crippen molar-refractivity contribution in [2.45, 2.75) is 0 Å². The summed E-state index contributed by atoms with van der Waals surface area (Å²) < 4.78 is 5.09. The van der Waals surface area contributed by atoms with Crippen LogP contribution in [0.25, 0.3) is 11.1 Å². The standard InChI is InChI=1S/C20H17ClN2O2/c1-25-19-12-17(21)16(11-18(19)22)20(24)23-15-9-7-14(8-10-15)13-5-3-2-4-6-13/h2-12H,22H2,1H3,(H,23,24). The lowest BCUT2D eigenvalue weighted by Crippen LogP contribution is -2.13. The first kappa shape index (κ1) is 16.9. The van der Waals surface area contributed by atoms with Crippen molar-refractivity contribution in [3.63, 3.8) is 0 Å². The van der Waals surface area contributed by atoms with Crippen molar-refractivity contribution < 1.29 is 9.53 Å². The van der Waals surface area contributed by atoms with Gasteiger partial charge < -0.3 is 15.8 Å². The summed E-state index contributed by atoms with van der Waals surface area (Å²) >= 11 is 6.15. The largest absolute Gasteiger partial charge is 0.495 e. The fourth-order valence-corrected chi connectivity index (χ4v) is 2.74. The Bertz CT molecular complexity index is 894. The number of carbonyl (C=O) groups excluding carboxylic acids is 1. The second-order valence-electron chi connectivity index (χ2n) is 5.47. The minimum Gasteiger partial charge on any atom is -0.495 e. The molecule has 0 fully saturated rings. The molecule has 5 heteroatoms. The molecule has 0 saturated carbocycles. The van der Waals surface area contributed by atoms with E-state index in [-0.39, 0.29) is 10.9 Å². The molecule has 1 amide bonds. The van der Waals surface area contributed by atoms with E-state index in [1.54, 1.807) is 0 Å². The monoisotopic (exact) mass is 352 g/mol. The molecule has 0 aliphatic carbocycles. The molecular weight excluding hydrogens is 336 g/mol. The lowest BCUT2D eigenvalue weighted by atomic mass is 10.1. The topological polar surface area (TPSA) is 64.3 Å². The third kappa shape index (κ3) is 3.75. The summed E-state index contributed by atoms with van der Waals surface area (Å²) in [4.78, 5) is 12.4. The molecule has 25 heavy (non-hydrogen) atoms. The molecule has 0 atom stereocenters. The maximum absolute atomic E-state index is 12.4. The summed E-state index contributed by atoms with van der Waals surface area (Å²) in [5.41, 5.74) is 9.38. The predicted octanol–water partition coefficient (Wildman–Crippen LogP) is 4.85. The summed E-state index contributed by atoms with van der Waals surface area (Å²) in [5, 5.41) is 3.10. The average Bonchev–Trinajstić information content (AvgIpc) is 2.64. The van der Waals surface area contributed by atoms with Crippen molar-refractivity contribution in [3.8, 4) is 16.9 Å². The highest BCUT2D eigenvalue weighted by Gasteiger charge is 2.14. The van der Waals surface area contributed by atoms with Crippen LogP contribution in [0.2, 0.25) is 5.02 Å². The number of halogens is 1. The van der Waals surface area contributed by atoms with Gasteiger partial charge in [-0.05, 0) is 29.3 Å². The number of hydrogen-bond acceptors (Lipinski definition) is 3. The van der Waals surface area contributed by atoms with Gasteiger partial charge in [0.1, 0.15) is 5.75 Å². The number of carbonyl (C=O) groups is 1. The van der Waals surface area contributed by atoms with Crippen molar-refractivity contribution in [3.05, 3.63) is 77.3 Å². The van der Waals surface area contributed by atoms with Gasteiger partial charge in [0.15, 0.2) is 0 Å². The molecule has 3 aromatic rings. The van der Waals surface area contributed by atoms with E-state index in [9.17, 15) is 4.79 Å². The molecule has 0 aliphatic rings. The Morgan fingerprint density at radius 1 is 1.00 bits per heavy atom. The fourth-order valence-electron chi connectivity index (χ4n) is 2.50. The van der Waals surface area contributed by atoms with E-state index >= 15 is 0 Å². The Kier molecular flexibility index (Phi) is 4.91. The van der Waals surface area contributed by atoms with Gasteiger partial charge in [-0.15, -0.1) is 0 Å². The molecule has 0 bridgehead atoms. The van der Waals surface area contributed by atoms with Crippen molar-refractivity contribution in [2.24, 2.45) is 0 Å². The number of amides is 1. The maximum Gasteiger partial charge on any atom is 0.257 e. The van der Waals surface area contributed by atoms with Crippen LogP contribution in [0.1, 0.15) is 10.4 Å². The SMILES string of the molecule is COc1cc(Cl)c(C(=O)Nc2ccc(-c3ccccc3)cc2)cc1N. The summed E-state index contributed by atoms with van der Waals surface area (Å²) in [7, 11) is 1.50. The first-order valence-electron chi connectivity index (χ1n) is 7.68. The van der Waals surface area contributed by atoms with Crippen molar-refractivity contribution in [2.75, 3.05) is 18.2 Å². The number of anilines is 2. The zero-order valence-electron chi connectivity index (χ0n) is 13.6. The molecule has 0 unspecified atom stereocenters. The Morgan fingerprint density at radius 3 is 2.28 bits per heavy atom. The Labute approximate surface area is 151 Å². The molecule has 0 saturated heterocycles. The summed E-state index contributed by atoms with van der Waals surface area (Å²) in [6.07, 6.45) is 0. The molecule has 0 heterocycles. The molecule has 0 aromatic heterocycles. The van der Waals surface area contributed by atoms with Gasteiger partial charge in [-0.25, -0.2) is 0 Å². The normalized spacial score (nSPS) is 10.3. The highest BCUT2D eigenvalue weighted by Crippen LogP contribution is 2.30. The average molecular weight is 353 g/mol.